The molecule has 0 saturated heterocycles. The summed E-state index contributed by atoms with van der Waals surface area (Å²) in [6.45, 7) is 3.11. The van der Waals surface area contributed by atoms with E-state index in [0.717, 1.165) is 7.11 Å². The van der Waals surface area contributed by atoms with Gasteiger partial charge in [-0.2, -0.15) is 0 Å². The van der Waals surface area contributed by atoms with E-state index < -0.39 is 23.7 Å². The molecule has 6 nitrogen and oxygen atoms in total. The molecule has 0 aromatic heterocycles. The Morgan fingerprint density at radius 3 is 2.14 bits per heavy atom. The summed E-state index contributed by atoms with van der Waals surface area (Å²) in [5.41, 5.74) is -1.000. The Labute approximate surface area is 82.2 Å². The van der Waals surface area contributed by atoms with E-state index in [1.54, 1.807) is 13.8 Å². The number of nitrogens with one attached hydrogen (secondary N) is 1. The number of carboxylic acids is 1. The predicted octanol–water partition coefficient (Wildman–Crippen LogP) is 0.221. The van der Waals surface area contributed by atoms with Gasteiger partial charge in [-0.15, -0.1) is 0 Å². The van der Waals surface area contributed by atoms with E-state index >= 15 is 0 Å². The Bertz CT molecular complexity index is 226. The van der Waals surface area contributed by atoms with Gasteiger partial charge in [0.1, 0.15) is 0 Å². The zero-order valence-corrected chi connectivity index (χ0v) is 8.66. The molecule has 0 radical (unpaired) electrons. The minimum absolute atomic E-state index is 0.803. The first-order valence-electron chi connectivity index (χ1n) is 3.97. The third kappa shape index (κ3) is 3.21. The van der Waals surface area contributed by atoms with Crippen molar-refractivity contribution in [2.24, 2.45) is 0 Å². The fourth-order valence-electron chi connectivity index (χ4n) is 0.828. The van der Waals surface area contributed by atoms with Gasteiger partial charge in [0.25, 0.3) is 0 Å². The van der Waals surface area contributed by atoms with Crippen LogP contribution in [0.4, 0.5) is 4.79 Å². The fourth-order valence-corrected chi connectivity index (χ4v) is 0.828. The van der Waals surface area contributed by atoms with Crippen molar-refractivity contribution in [3.63, 3.8) is 0 Å². The molecule has 0 unspecified atom stereocenters. The molecule has 1 atom stereocenters. The molecule has 0 bridgehead atoms. The SMILES string of the molecule is COC(=O)N[C@H](C(=O)O)C(C)(C)OC. The van der Waals surface area contributed by atoms with Crippen LogP contribution in [0.5, 0.6) is 0 Å². The lowest BCUT2D eigenvalue weighted by atomic mass is 9.99. The molecular weight excluding hydrogens is 190 g/mol. The van der Waals surface area contributed by atoms with Gasteiger partial charge in [0.15, 0.2) is 6.04 Å². The first-order chi connectivity index (χ1) is 6.35. The number of aliphatic carboxylic acids is 1. The van der Waals surface area contributed by atoms with E-state index in [2.05, 4.69) is 10.1 Å². The second kappa shape index (κ2) is 4.80. The Morgan fingerprint density at radius 1 is 1.36 bits per heavy atom. The molecule has 2 N–H and O–H groups in total. The van der Waals surface area contributed by atoms with E-state index in [-0.39, 0.29) is 0 Å². The van der Waals surface area contributed by atoms with Crippen LogP contribution in [0.3, 0.4) is 0 Å². The number of methoxy groups -OCH3 is 2. The molecule has 0 aliphatic rings. The molecule has 6 heteroatoms. The highest BCUT2D eigenvalue weighted by Gasteiger charge is 2.36. The topological polar surface area (TPSA) is 84.9 Å². The van der Waals surface area contributed by atoms with Crippen LogP contribution in [-0.4, -0.2) is 43.0 Å². The molecule has 0 rings (SSSR count). The summed E-state index contributed by atoms with van der Waals surface area (Å²) in [5, 5.41) is 11.0. The predicted molar refractivity (Wildman–Crippen MR) is 48.1 cm³/mol. The van der Waals surface area contributed by atoms with Crippen molar-refractivity contribution in [3.8, 4) is 0 Å². The summed E-state index contributed by atoms with van der Waals surface area (Å²) in [7, 11) is 2.53. The standard InChI is InChI=1S/C8H15NO5/c1-8(2,14-4)5(6(10)11)9-7(12)13-3/h5H,1-4H3,(H,9,12)(H,10,11)/t5-/m1/s1. The smallest absolute Gasteiger partial charge is 0.407 e. The van der Waals surface area contributed by atoms with E-state index in [1.807, 2.05) is 0 Å². The molecule has 0 fully saturated rings. The van der Waals surface area contributed by atoms with Crippen LogP contribution in [0.25, 0.3) is 0 Å². The van der Waals surface area contributed by atoms with Crippen molar-refractivity contribution in [2.75, 3.05) is 14.2 Å². The summed E-state index contributed by atoms with van der Waals surface area (Å²) in [5.74, 6) is -1.18. The minimum Gasteiger partial charge on any atom is -0.480 e. The van der Waals surface area contributed by atoms with Crippen LogP contribution in [-0.2, 0) is 14.3 Å². The number of hydrogen-bond acceptors (Lipinski definition) is 4. The van der Waals surface area contributed by atoms with E-state index in [4.69, 9.17) is 9.84 Å². The minimum atomic E-state index is -1.18. The number of ether oxygens (including phenoxy) is 2. The maximum atomic E-state index is 10.8. The number of carbonyl (C=O) groups is 2. The van der Waals surface area contributed by atoms with E-state index in [1.165, 1.54) is 7.11 Å². The molecule has 0 aliphatic carbocycles. The maximum Gasteiger partial charge on any atom is 0.407 e. The zero-order chi connectivity index (χ0) is 11.4. The number of rotatable bonds is 4. The molecule has 0 saturated carbocycles. The molecule has 0 heterocycles. The third-order valence-electron chi connectivity index (χ3n) is 1.92. The molecule has 0 spiro atoms. The van der Waals surface area contributed by atoms with Crippen LogP contribution >= 0.6 is 0 Å². The first kappa shape index (κ1) is 12.7. The second-order valence-electron chi connectivity index (χ2n) is 3.21. The highest BCUT2D eigenvalue weighted by atomic mass is 16.5. The van der Waals surface area contributed by atoms with Crippen molar-refractivity contribution in [2.45, 2.75) is 25.5 Å². The molecule has 14 heavy (non-hydrogen) atoms. The van der Waals surface area contributed by atoms with Crippen LogP contribution in [0.1, 0.15) is 13.8 Å². The number of carbonyl (C=O) groups excluding carboxylic acids is 1. The van der Waals surface area contributed by atoms with Gasteiger partial charge in [-0.3, -0.25) is 0 Å². The van der Waals surface area contributed by atoms with Crippen LogP contribution in [0.2, 0.25) is 0 Å². The van der Waals surface area contributed by atoms with Crippen molar-refractivity contribution < 1.29 is 24.2 Å². The first-order valence-corrected chi connectivity index (χ1v) is 3.97. The highest BCUT2D eigenvalue weighted by molar-refractivity contribution is 5.81. The van der Waals surface area contributed by atoms with Crippen molar-refractivity contribution >= 4 is 12.1 Å². The molecule has 82 valence electrons. The van der Waals surface area contributed by atoms with Crippen LogP contribution < -0.4 is 5.32 Å². The molecule has 0 aliphatic heterocycles. The van der Waals surface area contributed by atoms with Crippen molar-refractivity contribution in [1.29, 1.82) is 0 Å². The van der Waals surface area contributed by atoms with Gasteiger partial charge in [-0.1, -0.05) is 0 Å². The number of carboxylic acid groups (broad SMARTS) is 1. The summed E-state index contributed by atoms with van der Waals surface area (Å²) < 4.78 is 9.26. The van der Waals surface area contributed by atoms with Gasteiger partial charge in [-0.25, -0.2) is 9.59 Å². The monoisotopic (exact) mass is 205 g/mol. The quantitative estimate of drug-likeness (QED) is 0.685. The summed E-state index contributed by atoms with van der Waals surface area (Å²) in [6, 6.07) is -1.15. The average Bonchev–Trinajstić information content (AvgIpc) is 2.12. The zero-order valence-electron chi connectivity index (χ0n) is 8.66. The lowest BCUT2D eigenvalue weighted by molar-refractivity contribution is -0.146. The summed E-state index contributed by atoms with van der Waals surface area (Å²) in [6.07, 6.45) is -0.803. The van der Waals surface area contributed by atoms with Gasteiger partial charge < -0.3 is 19.9 Å². The van der Waals surface area contributed by atoms with Gasteiger partial charge in [0, 0.05) is 7.11 Å². The Morgan fingerprint density at radius 2 is 1.86 bits per heavy atom. The third-order valence-corrected chi connectivity index (χ3v) is 1.92. The lowest BCUT2D eigenvalue weighted by Crippen LogP contribution is -2.54. The number of amides is 1. The van der Waals surface area contributed by atoms with Crippen LogP contribution in [0, 0.1) is 0 Å². The molecule has 0 aromatic carbocycles. The Balaban J connectivity index is 4.61. The van der Waals surface area contributed by atoms with Crippen molar-refractivity contribution in [3.05, 3.63) is 0 Å². The molecular formula is C8H15NO5. The largest absolute Gasteiger partial charge is 0.480 e. The molecule has 0 aromatic rings. The van der Waals surface area contributed by atoms with Gasteiger partial charge >= 0.3 is 12.1 Å². The lowest BCUT2D eigenvalue weighted by Gasteiger charge is -2.29. The van der Waals surface area contributed by atoms with E-state index in [9.17, 15) is 9.59 Å². The average molecular weight is 205 g/mol. The number of hydrogen-bond donors (Lipinski definition) is 2. The summed E-state index contributed by atoms with van der Waals surface area (Å²) in [4.78, 5) is 21.6. The van der Waals surface area contributed by atoms with Gasteiger partial charge in [0.05, 0.1) is 12.7 Å². The van der Waals surface area contributed by atoms with Gasteiger partial charge in [0.2, 0.25) is 0 Å². The summed E-state index contributed by atoms with van der Waals surface area (Å²) >= 11 is 0. The highest BCUT2D eigenvalue weighted by Crippen LogP contribution is 2.14. The Hall–Kier alpha value is -1.30. The van der Waals surface area contributed by atoms with E-state index in [0.29, 0.717) is 0 Å². The van der Waals surface area contributed by atoms with Gasteiger partial charge in [-0.05, 0) is 13.8 Å². The maximum absolute atomic E-state index is 10.8. The molecule has 1 amide bonds. The van der Waals surface area contributed by atoms with Crippen LogP contribution in [0.15, 0.2) is 0 Å². The Kier molecular flexibility index (Phi) is 4.36. The van der Waals surface area contributed by atoms with Crippen molar-refractivity contribution in [1.82, 2.24) is 5.32 Å². The fraction of sp³-hybridized carbons (Fsp3) is 0.750. The number of alkyl carbamates (subject to hydrolysis) is 1. The normalized spacial score (nSPS) is 13.1. The second-order valence-corrected chi connectivity index (χ2v) is 3.21.